The van der Waals surface area contributed by atoms with Gasteiger partial charge in [0.05, 0.1) is 9.79 Å². The Morgan fingerprint density at radius 3 is 2.23 bits per heavy atom. The van der Waals surface area contributed by atoms with Gasteiger partial charge >= 0.3 is 0 Å². The van der Waals surface area contributed by atoms with Gasteiger partial charge in [0, 0.05) is 5.69 Å². The van der Waals surface area contributed by atoms with Crippen molar-refractivity contribution < 1.29 is 16.8 Å². The van der Waals surface area contributed by atoms with Crippen molar-refractivity contribution >= 4 is 25.7 Å². The maximum Gasteiger partial charge on any atom is 0.261 e. The van der Waals surface area contributed by atoms with Gasteiger partial charge in [0.15, 0.2) is 0 Å². The molecule has 0 spiro atoms. The zero-order chi connectivity index (χ0) is 16.4. The average Bonchev–Trinajstić information content (AvgIpc) is 2.46. The van der Waals surface area contributed by atoms with Crippen molar-refractivity contribution in [2.45, 2.75) is 23.1 Å². The summed E-state index contributed by atoms with van der Waals surface area (Å²) in [5.74, 6) is 0. The summed E-state index contributed by atoms with van der Waals surface area (Å²) in [6.45, 7) is 1.96. The number of rotatable bonds is 5. The fourth-order valence-electron chi connectivity index (χ4n) is 1.89. The maximum atomic E-state index is 12.3. The van der Waals surface area contributed by atoms with Gasteiger partial charge in [-0.2, -0.15) is 0 Å². The molecule has 2 aromatic rings. The van der Waals surface area contributed by atoms with Gasteiger partial charge < -0.3 is 0 Å². The lowest BCUT2D eigenvalue weighted by atomic mass is 10.1. The molecule has 22 heavy (non-hydrogen) atoms. The highest BCUT2D eigenvalue weighted by Gasteiger charge is 2.17. The summed E-state index contributed by atoms with van der Waals surface area (Å²) in [4.78, 5) is -0.418. The molecule has 0 aliphatic carbocycles. The first-order chi connectivity index (χ1) is 10.2. The van der Waals surface area contributed by atoms with Crippen molar-refractivity contribution in [3.05, 3.63) is 54.1 Å². The molecule has 0 aromatic heterocycles. The molecular formula is C14H16N2O4S2. The summed E-state index contributed by atoms with van der Waals surface area (Å²) in [7, 11) is -7.85. The fraction of sp³-hybridized carbons (Fsp3) is 0.143. The highest BCUT2D eigenvalue weighted by Crippen LogP contribution is 2.19. The van der Waals surface area contributed by atoms with E-state index >= 15 is 0 Å². The Labute approximate surface area is 130 Å². The van der Waals surface area contributed by atoms with Gasteiger partial charge in [-0.25, -0.2) is 22.0 Å². The third-order valence-corrected chi connectivity index (χ3v) is 5.32. The molecule has 0 atom stereocenters. The number of benzene rings is 2. The lowest BCUT2D eigenvalue weighted by Crippen LogP contribution is -2.16. The van der Waals surface area contributed by atoms with Crippen molar-refractivity contribution in [2.24, 2.45) is 5.14 Å². The molecule has 0 aliphatic rings. The van der Waals surface area contributed by atoms with Crippen molar-refractivity contribution in [3.8, 4) is 0 Å². The monoisotopic (exact) mass is 340 g/mol. The van der Waals surface area contributed by atoms with Gasteiger partial charge in [0.25, 0.3) is 10.0 Å². The number of anilines is 1. The van der Waals surface area contributed by atoms with E-state index in [-0.39, 0.29) is 9.79 Å². The lowest BCUT2D eigenvalue weighted by Gasteiger charge is -2.10. The molecule has 0 fully saturated rings. The number of hydrogen-bond donors (Lipinski definition) is 2. The first kappa shape index (κ1) is 16.5. The van der Waals surface area contributed by atoms with E-state index in [0.717, 1.165) is 18.1 Å². The van der Waals surface area contributed by atoms with Crippen molar-refractivity contribution in [3.63, 3.8) is 0 Å². The Morgan fingerprint density at radius 2 is 1.59 bits per heavy atom. The van der Waals surface area contributed by atoms with E-state index in [1.165, 1.54) is 18.2 Å². The standard InChI is InChI=1S/C14H16N2O4S2/c1-2-11-5-3-6-12(9-11)16-22(19,20)14-8-4-7-13(10-14)21(15,17)18/h3-10,16H,2H2,1H3,(H2,15,17,18). The summed E-state index contributed by atoms with van der Waals surface area (Å²) in [6.07, 6.45) is 0.774. The quantitative estimate of drug-likeness (QED) is 0.864. The first-order valence-electron chi connectivity index (χ1n) is 6.47. The molecule has 0 bridgehead atoms. The topological polar surface area (TPSA) is 106 Å². The lowest BCUT2D eigenvalue weighted by molar-refractivity contribution is 0.597. The van der Waals surface area contributed by atoms with E-state index in [4.69, 9.17) is 5.14 Å². The van der Waals surface area contributed by atoms with E-state index < -0.39 is 20.0 Å². The molecule has 118 valence electrons. The molecule has 0 heterocycles. The normalized spacial score (nSPS) is 12.1. The summed E-state index contributed by atoms with van der Waals surface area (Å²) in [6, 6.07) is 11.9. The van der Waals surface area contributed by atoms with Gasteiger partial charge in [0.2, 0.25) is 10.0 Å². The van der Waals surface area contributed by atoms with E-state index in [2.05, 4.69) is 4.72 Å². The molecule has 0 radical (unpaired) electrons. The van der Waals surface area contributed by atoms with Crippen LogP contribution in [-0.2, 0) is 26.5 Å². The first-order valence-corrected chi connectivity index (χ1v) is 9.50. The van der Waals surface area contributed by atoms with Gasteiger partial charge in [-0.1, -0.05) is 25.1 Å². The average molecular weight is 340 g/mol. The smallest absolute Gasteiger partial charge is 0.261 e. The molecule has 8 heteroatoms. The number of nitrogens with two attached hydrogens (primary N) is 1. The zero-order valence-corrected chi connectivity index (χ0v) is 13.5. The second-order valence-corrected chi connectivity index (χ2v) is 7.92. The van der Waals surface area contributed by atoms with Crippen LogP contribution in [0.3, 0.4) is 0 Å². The SMILES string of the molecule is CCc1cccc(NS(=O)(=O)c2cccc(S(N)(=O)=O)c2)c1. The second kappa shape index (κ2) is 6.07. The third kappa shape index (κ3) is 3.85. The van der Waals surface area contributed by atoms with Gasteiger partial charge in [0.1, 0.15) is 0 Å². The van der Waals surface area contributed by atoms with Crippen LogP contribution in [0.1, 0.15) is 12.5 Å². The Morgan fingerprint density at radius 1 is 0.955 bits per heavy atom. The molecule has 0 amide bonds. The maximum absolute atomic E-state index is 12.3. The molecule has 2 aromatic carbocycles. The molecule has 0 saturated carbocycles. The molecule has 3 N–H and O–H groups in total. The van der Waals surface area contributed by atoms with E-state index in [1.807, 2.05) is 13.0 Å². The molecule has 0 saturated heterocycles. The Hall–Kier alpha value is -1.90. The molecule has 0 unspecified atom stereocenters. The van der Waals surface area contributed by atoms with Crippen LogP contribution in [0, 0.1) is 0 Å². The summed E-state index contributed by atoms with van der Waals surface area (Å²) >= 11 is 0. The number of aryl methyl sites for hydroxylation is 1. The van der Waals surface area contributed by atoms with Crippen LogP contribution in [-0.4, -0.2) is 16.8 Å². The van der Waals surface area contributed by atoms with Gasteiger partial charge in [-0.05, 0) is 42.3 Å². The second-order valence-electron chi connectivity index (χ2n) is 4.68. The van der Waals surface area contributed by atoms with Crippen LogP contribution in [0.4, 0.5) is 5.69 Å². The summed E-state index contributed by atoms with van der Waals surface area (Å²) in [5.41, 5.74) is 1.40. The highest BCUT2D eigenvalue weighted by atomic mass is 32.2. The van der Waals surface area contributed by atoms with E-state index in [9.17, 15) is 16.8 Å². The van der Waals surface area contributed by atoms with Crippen molar-refractivity contribution in [1.82, 2.24) is 0 Å². The number of hydrogen-bond acceptors (Lipinski definition) is 4. The van der Waals surface area contributed by atoms with Crippen LogP contribution < -0.4 is 9.86 Å². The van der Waals surface area contributed by atoms with Crippen LogP contribution in [0.2, 0.25) is 0 Å². The Bertz CT molecular complexity index is 891. The minimum absolute atomic E-state index is 0.166. The predicted molar refractivity (Wildman–Crippen MR) is 84.4 cm³/mol. The summed E-state index contributed by atoms with van der Waals surface area (Å²) in [5, 5.41) is 5.02. The van der Waals surface area contributed by atoms with Crippen LogP contribution in [0.15, 0.2) is 58.3 Å². The number of sulfonamides is 2. The molecule has 2 rings (SSSR count). The van der Waals surface area contributed by atoms with Crippen molar-refractivity contribution in [1.29, 1.82) is 0 Å². The third-order valence-electron chi connectivity index (χ3n) is 3.03. The molecular weight excluding hydrogens is 324 g/mol. The molecule has 6 nitrogen and oxygen atoms in total. The van der Waals surface area contributed by atoms with Crippen LogP contribution >= 0.6 is 0 Å². The fourth-order valence-corrected chi connectivity index (χ4v) is 3.62. The largest absolute Gasteiger partial charge is 0.280 e. The van der Waals surface area contributed by atoms with Crippen molar-refractivity contribution in [2.75, 3.05) is 4.72 Å². The van der Waals surface area contributed by atoms with Gasteiger partial charge in [-0.3, -0.25) is 4.72 Å². The minimum atomic E-state index is -3.96. The van der Waals surface area contributed by atoms with Crippen LogP contribution in [0.25, 0.3) is 0 Å². The van der Waals surface area contributed by atoms with Crippen LogP contribution in [0.5, 0.6) is 0 Å². The van der Waals surface area contributed by atoms with E-state index in [0.29, 0.717) is 5.69 Å². The zero-order valence-electron chi connectivity index (χ0n) is 11.9. The molecule has 0 aliphatic heterocycles. The predicted octanol–water partition coefficient (Wildman–Crippen LogP) is 1.70. The number of primary sulfonamides is 1. The highest BCUT2D eigenvalue weighted by molar-refractivity contribution is 7.93. The van der Waals surface area contributed by atoms with Gasteiger partial charge in [-0.15, -0.1) is 0 Å². The number of nitrogens with one attached hydrogen (secondary N) is 1. The van der Waals surface area contributed by atoms with E-state index in [1.54, 1.807) is 18.2 Å². The minimum Gasteiger partial charge on any atom is -0.280 e. The Balaban J connectivity index is 2.38. The summed E-state index contributed by atoms with van der Waals surface area (Å²) < 4.78 is 49.7. The Kier molecular flexibility index (Phi) is 4.55.